The summed E-state index contributed by atoms with van der Waals surface area (Å²) in [5, 5.41) is 4.22. The number of thioether (sulfide) groups is 1. The molecule has 0 bridgehead atoms. The van der Waals surface area contributed by atoms with Crippen molar-refractivity contribution < 1.29 is 9.53 Å². The van der Waals surface area contributed by atoms with Crippen LogP contribution >= 0.6 is 11.8 Å². The zero-order chi connectivity index (χ0) is 15.2. The zero-order valence-electron chi connectivity index (χ0n) is 12.3. The van der Waals surface area contributed by atoms with Gasteiger partial charge in [0.2, 0.25) is 0 Å². The Bertz CT molecular complexity index is 595. The molecule has 1 N–H and O–H groups in total. The number of ether oxygens (including phenoxy) is 1. The molecule has 1 heterocycles. The molecule has 1 amide bonds. The second kappa shape index (κ2) is 7.13. The van der Waals surface area contributed by atoms with E-state index in [1.807, 2.05) is 6.07 Å². The van der Waals surface area contributed by atoms with E-state index >= 15 is 0 Å². The van der Waals surface area contributed by atoms with Crippen LogP contribution in [0, 0.1) is 0 Å². The summed E-state index contributed by atoms with van der Waals surface area (Å²) >= 11 is 1.67. The second-order valence-corrected chi connectivity index (χ2v) is 6.33. The third-order valence-corrected chi connectivity index (χ3v) is 3.66. The van der Waals surface area contributed by atoms with Gasteiger partial charge in [0.25, 0.3) is 5.91 Å². The summed E-state index contributed by atoms with van der Waals surface area (Å²) in [6.45, 7) is 4.22. The molecule has 0 aliphatic rings. The SMILES string of the molecule is COc1ccc(NC(=O)c2ccc(SC(C)C)nc2)cc1. The molecule has 0 aliphatic heterocycles. The first-order valence-corrected chi connectivity index (χ1v) is 7.54. The fraction of sp³-hybridized carbons (Fsp3) is 0.250. The van der Waals surface area contributed by atoms with Crippen LogP contribution in [-0.4, -0.2) is 23.3 Å². The minimum absolute atomic E-state index is 0.172. The fourth-order valence-electron chi connectivity index (χ4n) is 1.70. The molecule has 1 aromatic heterocycles. The number of pyridine rings is 1. The molecule has 2 rings (SSSR count). The van der Waals surface area contributed by atoms with E-state index in [9.17, 15) is 4.79 Å². The van der Waals surface area contributed by atoms with E-state index in [-0.39, 0.29) is 5.91 Å². The zero-order valence-corrected chi connectivity index (χ0v) is 13.1. The van der Waals surface area contributed by atoms with Crippen LogP contribution in [0.3, 0.4) is 0 Å². The Morgan fingerprint density at radius 1 is 1.19 bits per heavy atom. The van der Waals surface area contributed by atoms with Crippen molar-refractivity contribution >= 4 is 23.4 Å². The number of nitrogens with one attached hydrogen (secondary N) is 1. The summed E-state index contributed by atoms with van der Waals surface area (Å²) in [5.74, 6) is 0.582. The van der Waals surface area contributed by atoms with Crippen molar-refractivity contribution in [3.63, 3.8) is 0 Å². The maximum atomic E-state index is 12.1. The van der Waals surface area contributed by atoms with E-state index in [0.717, 1.165) is 16.5 Å². The summed E-state index contributed by atoms with van der Waals surface area (Å²) < 4.78 is 5.08. The van der Waals surface area contributed by atoms with E-state index in [1.54, 1.807) is 55.4 Å². The molecule has 2 aromatic rings. The molecule has 4 nitrogen and oxygen atoms in total. The molecule has 0 radical (unpaired) electrons. The predicted molar refractivity (Wildman–Crippen MR) is 86.2 cm³/mol. The molecule has 0 saturated carbocycles. The van der Waals surface area contributed by atoms with Crippen LogP contribution in [0.15, 0.2) is 47.6 Å². The van der Waals surface area contributed by atoms with Crippen molar-refractivity contribution in [2.24, 2.45) is 0 Å². The van der Waals surface area contributed by atoms with E-state index in [0.29, 0.717) is 10.8 Å². The Kier molecular flexibility index (Phi) is 5.22. The summed E-state index contributed by atoms with van der Waals surface area (Å²) in [5.41, 5.74) is 1.26. The Morgan fingerprint density at radius 3 is 2.43 bits per heavy atom. The van der Waals surface area contributed by atoms with Crippen molar-refractivity contribution in [3.05, 3.63) is 48.2 Å². The number of carbonyl (C=O) groups excluding carboxylic acids is 1. The number of nitrogens with zero attached hydrogens (tertiary/aromatic N) is 1. The number of amides is 1. The van der Waals surface area contributed by atoms with Gasteiger partial charge in [0.05, 0.1) is 17.7 Å². The van der Waals surface area contributed by atoms with Gasteiger partial charge in [-0.3, -0.25) is 4.79 Å². The van der Waals surface area contributed by atoms with Gasteiger partial charge < -0.3 is 10.1 Å². The van der Waals surface area contributed by atoms with E-state index in [4.69, 9.17) is 4.74 Å². The molecule has 110 valence electrons. The number of anilines is 1. The van der Waals surface area contributed by atoms with Gasteiger partial charge in [0, 0.05) is 17.1 Å². The van der Waals surface area contributed by atoms with Gasteiger partial charge in [-0.25, -0.2) is 4.98 Å². The van der Waals surface area contributed by atoms with Crippen LogP contribution in [0.5, 0.6) is 5.75 Å². The Hall–Kier alpha value is -2.01. The highest BCUT2D eigenvalue weighted by atomic mass is 32.2. The lowest BCUT2D eigenvalue weighted by Crippen LogP contribution is -2.12. The Labute approximate surface area is 128 Å². The quantitative estimate of drug-likeness (QED) is 0.853. The highest BCUT2D eigenvalue weighted by Gasteiger charge is 2.07. The van der Waals surface area contributed by atoms with Crippen LogP contribution in [0.2, 0.25) is 0 Å². The molecule has 0 unspecified atom stereocenters. The third kappa shape index (κ3) is 4.49. The first kappa shape index (κ1) is 15.4. The van der Waals surface area contributed by atoms with E-state index in [2.05, 4.69) is 24.1 Å². The maximum Gasteiger partial charge on any atom is 0.257 e. The normalized spacial score (nSPS) is 10.5. The van der Waals surface area contributed by atoms with Gasteiger partial charge >= 0.3 is 0 Å². The van der Waals surface area contributed by atoms with Crippen molar-refractivity contribution in [2.45, 2.75) is 24.1 Å². The summed E-state index contributed by atoms with van der Waals surface area (Å²) in [4.78, 5) is 16.4. The molecule has 0 fully saturated rings. The Balaban J connectivity index is 2.02. The average Bonchev–Trinajstić information content (AvgIpc) is 2.48. The predicted octanol–water partition coefficient (Wildman–Crippen LogP) is 3.84. The smallest absolute Gasteiger partial charge is 0.257 e. The Morgan fingerprint density at radius 2 is 1.90 bits per heavy atom. The molecular formula is C16H18N2O2S. The first-order valence-electron chi connectivity index (χ1n) is 6.66. The van der Waals surface area contributed by atoms with E-state index < -0.39 is 0 Å². The van der Waals surface area contributed by atoms with Gasteiger partial charge in [0.15, 0.2) is 0 Å². The van der Waals surface area contributed by atoms with Crippen LogP contribution in [-0.2, 0) is 0 Å². The molecule has 5 heteroatoms. The van der Waals surface area contributed by atoms with Crippen molar-refractivity contribution in [3.8, 4) is 5.75 Å². The summed E-state index contributed by atoms with van der Waals surface area (Å²) in [6, 6.07) is 10.9. The monoisotopic (exact) mass is 302 g/mol. The summed E-state index contributed by atoms with van der Waals surface area (Å²) in [6.07, 6.45) is 1.60. The molecule has 0 spiro atoms. The average molecular weight is 302 g/mol. The van der Waals surface area contributed by atoms with Crippen LogP contribution in [0.1, 0.15) is 24.2 Å². The standard InChI is InChI=1S/C16H18N2O2S/c1-11(2)21-15-9-4-12(10-17-15)16(19)18-13-5-7-14(20-3)8-6-13/h4-11H,1-3H3,(H,18,19). The number of carbonyl (C=O) groups is 1. The number of benzene rings is 1. The minimum Gasteiger partial charge on any atom is -0.497 e. The fourth-order valence-corrected chi connectivity index (χ4v) is 2.45. The van der Waals surface area contributed by atoms with Crippen LogP contribution in [0.4, 0.5) is 5.69 Å². The van der Waals surface area contributed by atoms with Crippen LogP contribution < -0.4 is 10.1 Å². The van der Waals surface area contributed by atoms with Gasteiger partial charge in [0.1, 0.15) is 5.75 Å². The lowest BCUT2D eigenvalue weighted by molar-refractivity contribution is 0.102. The lowest BCUT2D eigenvalue weighted by Gasteiger charge is -2.07. The molecular weight excluding hydrogens is 284 g/mol. The number of aromatic nitrogens is 1. The van der Waals surface area contributed by atoms with Crippen molar-refractivity contribution in [1.29, 1.82) is 0 Å². The van der Waals surface area contributed by atoms with Crippen molar-refractivity contribution in [2.75, 3.05) is 12.4 Å². The van der Waals surface area contributed by atoms with E-state index in [1.165, 1.54) is 0 Å². The van der Waals surface area contributed by atoms with Crippen molar-refractivity contribution in [1.82, 2.24) is 4.98 Å². The molecule has 21 heavy (non-hydrogen) atoms. The molecule has 0 aliphatic carbocycles. The second-order valence-electron chi connectivity index (χ2n) is 4.73. The van der Waals surface area contributed by atoms with Gasteiger partial charge in [-0.15, -0.1) is 11.8 Å². The third-order valence-electron chi connectivity index (χ3n) is 2.70. The number of rotatable bonds is 5. The topological polar surface area (TPSA) is 51.2 Å². The highest BCUT2D eigenvalue weighted by Crippen LogP contribution is 2.21. The molecule has 0 saturated heterocycles. The first-order chi connectivity index (χ1) is 10.1. The minimum atomic E-state index is -0.172. The number of methoxy groups -OCH3 is 1. The number of hydrogen-bond acceptors (Lipinski definition) is 4. The molecule has 1 aromatic carbocycles. The lowest BCUT2D eigenvalue weighted by atomic mass is 10.2. The highest BCUT2D eigenvalue weighted by molar-refractivity contribution is 7.99. The summed E-state index contributed by atoms with van der Waals surface area (Å²) in [7, 11) is 1.61. The van der Waals surface area contributed by atoms with Crippen LogP contribution in [0.25, 0.3) is 0 Å². The van der Waals surface area contributed by atoms with Gasteiger partial charge in [-0.05, 0) is 36.4 Å². The number of hydrogen-bond donors (Lipinski definition) is 1. The maximum absolute atomic E-state index is 12.1. The van der Waals surface area contributed by atoms with Gasteiger partial charge in [-0.1, -0.05) is 13.8 Å². The van der Waals surface area contributed by atoms with Gasteiger partial charge in [-0.2, -0.15) is 0 Å². The molecule has 0 atom stereocenters. The largest absolute Gasteiger partial charge is 0.497 e.